The van der Waals surface area contributed by atoms with Crippen molar-refractivity contribution in [2.45, 2.75) is 65.3 Å². The van der Waals surface area contributed by atoms with Gasteiger partial charge in [0.1, 0.15) is 24.2 Å². The van der Waals surface area contributed by atoms with Crippen molar-refractivity contribution in [2.75, 3.05) is 18.1 Å². The molecule has 0 aromatic heterocycles. The fourth-order valence-electron chi connectivity index (χ4n) is 9.54. The first-order valence-corrected chi connectivity index (χ1v) is 27.9. The number of aliphatic carboxylic acids is 1. The number of carboxylic acid groups (broad SMARTS) is 1. The highest BCUT2D eigenvalue weighted by Gasteiger charge is 2.52. The van der Waals surface area contributed by atoms with Gasteiger partial charge in [0, 0.05) is 17.2 Å². The molecule has 0 bridgehead atoms. The number of aliphatic hydroxyl groups is 1. The van der Waals surface area contributed by atoms with Gasteiger partial charge in [0.05, 0.1) is 22.0 Å². The molecule has 14 heteroatoms. The van der Waals surface area contributed by atoms with Gasteiger partial charge in [-0.05, 0) is 76.1 Å². The Hall–Kier alpha value is -7.42. The molecule has 4 amide bonds. The van der Waals surface area contributed by atoms with Crippen molar-refractivity contribution in [3.63, 3.8) is 0 Å². The van der Waals surface area contributed by atoms with Crippen molar-refractivity contribution in [1.29, 1.82) is 0 Å². The van der Waals surface area contributed by atoms with Gasteiger partial charge in [0.15, 0.2) is 0 Å². The predicted octanol–water partition coefficient (Wildman–Crippen LogP) is 9.85. The van der Waals surface area contributed by atoms with Crippen LogP contribution in [0.5, 0.6) is 0 Å². The number of carboxylic acids is 1. The second-order valence-corrected chi connectivity index (χ2v) is 21.8. The van der Waals surface area contributed by atoms with Crippen molar-refractivity contribution in [3.05, 3.63) is 262 Å². The van der Waals surface area contributed by atoms with E-state index in [9.17, 15) is 34.2 Å². The number of hydrogen-bond donors (Lipinski definition) is 6. The Kier molecular flexibility index (Phi) is 19.3. The molecule has 11 nitrogen and oxygen atoms in total. The molecule has 0 unspecified atom stereocenters. The molecule has 394 valence electrons. The number of carbonyl (C=O) groups excluding carboxylic acids is 4. The van der Waals surface area contributed by atoms with Crippen LogP contribution in [0.15, 0.2) is 218 Å². The molecule has 3 atom stereocenters. The first-order chi connectivity index (χ1) is 37.4. The minimum absolute atomic E-state index is 0.0156. The van der Waals surface area contributed by atoms with Gasteiger partial charge in [-0.15, -0.1) is 23.5 Å². The highest BCUT2D eigenvalue weighted by Crippen LogP contribution is 2.50. The number of hydrogen-bond acceptors (Lipinski definition) is 8. The Bertz CT molecular complexity index is 2910. The molecule has 1 aliphatic carbocycles. The van der Waals surface area contributed by atoms with E-state index in [0.29, 0.717) is 22.8 Å². The lowest BCUT2D eigenvalue weighted by Crippen LogP contribution is -2.59. The quantitative estimate of drug-likeness (QED) is 0.0175. The monoisotopic (exact) mass is 1080 g/mol. The Labute approximate surface area is 463 Å². The molecular weight excluding hydrogens is 1020 g/mol. The second-order valence-electron chi connectivity index (χ2n) is 18.9. The number of carbonyl (C=O) groups is 5. The average Bonchev–Trinajstić information content (AvgIpc) is 4.25. The molecule has 0 spiro atoms. The van der Waals surface area contributed by atoms with Gasteiger partial charge in [-0.1, -0.05) is 218 Å². The molecule has 1 fully saturated rings. The summed E-state index contributed by atoms with van der Waals surface area (Å²) in [7, 11) is 0. The van der Waals surface area contributed by atoms with Crippen LogP contribution < -0.4 is 21.3 Å². The largest absolute Gasteiger partial charge is 0.480 e. The standard InChI is InChI=1S/C63H61ClN4O7S2/c64-52-35-21-22-45(40-52)41-54(66-56(70)42-53(69)36-19-20-39-76-62(46-23-7-1-8-24-46,47-25-9-2-10-26-47)48-27-11-3-12-28-48)58(73)67-55(59(74)68-61(37-38-61)60(75)65-43-57(71)72)44-77-63(49-29-13-4-14-30-49,50-31-15-5-16-32-50)51-33-17-6-18-34-51/h1-19,21-36,40,53-55,69H,20,37-39,41-44H2,(H,65,75)(H,66,70)(H,67,73)(H,68,74)(H,71,72)/t53-,54-,55-/m1/s1. The molecule has 1 saturated carbocycles. The lowest BCUT2D eigenvalue weighted by Gasteiger charge is -2.37. The van der Waals surface area contributed by atoms with E-state index in [-0.39, 0.29) is 31.4 Å². The maximum atomic E-state index is 14.9. The van der Waals surface area contributed by atoms with Crippen LogP contribution in [0.25, 0.3) is 0 Å². The van der Waals surface area contributed by atoms with Crippen LogP contribution in [0.2, 0.25) is 5.02 Å². The van der Waals surface area contributed by atoms with Gasteiger partial charge in [0.25, 0.3) is 0 Å². The zero-order valence-corrected chi connectivity index (χ0v) is 44.7. The summed E-state index contributed by atoms with van der Waals surface area (Å²) in [5.41, 5.74) is 5.41. The summed E-state index contributed by atoms with van der Waals surface area (Å²) in [6, 6.07) is 65.0. The summed E-state index contributed by atoms with van der Waals surface area (Å²) < 4.78 is -1.42. The molecule has 8 rings (SSSR count). The van der Waals surface area contributed by atoms with Crippen LogP contribution in [0.4, 0.5) is 0 Å². The van der Waals surface area contributed by atoms with Crippen LogP contribution in [0, 0.1) is 0 Å². The van der Waals surface area contributed by atoms with Crippen molar-refractivity contribution in [3.8, 4) is 0 Å². The summed E-state index contributed by atoms with van der Waals surface area (Å²) in [6.07, 6.45) is 3.01. The summed E-state index contributed by atoms with van der Waals surface area (Å²) in [5, 5.41) is 32.0. The summed E-state index contributed by atoms with van der Waals surface area (Å²) >= 11 is 9.63. The van der Waals surface area contributed by atoms with E-state index in [2.05, 4.69) is 57.7 Å². The number of halogens is 1. The number of amides is 4. The molecular formula is C63H61ClN4O7S2. The summed E-state index contributed by atoms with van der Waals surface area (Å²) in [6.45, 7) is -0.631. The van der Waals surface area contributed by atoms with E-state index in [1.54, 1.807) is 42.1 Å². The average molecular weight is 1090 g/mol. The normalized spacial score (nSPS) is 14.1. The number of thioether (sulfide) groups is 2. The maximum absolute atomic E-state index is 14.9. The lowest BCUT2D eigenvalue weighted by molar-refractivity contribution is -0.138. The third kappa shape index (κ3) is 14.1. The zero-order valence-electron chi connectivity index (χ0n) is 42.3. The number of nitrogens with one attached hydrogen (secondary N) is 4. The number of aliphatic hydroxyl groups excluding tert-OH is 1. The minimum Gasteiger partial charge on any atom is -0.480 e. The van der Waals surface area contributed by atoms with E-state index in [1.165, 1.54) is 11.8 Å². The lowest BCUT2D eigenvalue weighted by atomic mass is 9.84. The summed E-state index contributed by atoms with van der Waals surface area (Å²) in [5.74, 6) is -3.18. The Morgan fingerprint density at radius 2 is 1.04 bits per heavy atom. The fourth-order valence-corrected chi connectivity index (χ4v) is 12.8. The number of allylic oxidation sites excluding steroid dienone is 1. The van der Waals surface area contributed by atoms with Crippen LogP contribution in [-0.2, 0) is 39.9 Å². The zero-order chi connectivity index (χ0) is 54.1. The maximum Gasteiger partial charge on any atom is 0.322 e. The summed E-state index contributed by atoms with van der Waals surface area (Å²) in [4.78, 5) is 68.3. The Morgan fingerprint density at radius 3 is 1.47 bits per heavy atom. The van der Waals surface area contributed by atoms with E-state index in [4.69, 9.17) is 11.6 Å². The molecule has 0 radical (unpaired) electrons. The fraction of sp³-hybridized carbons (Fsp3) is 0.222. The predicted molar refractivity (Wildman–Crippen MR) is 307 cm³/mol. The van der Waals surface area contributed by atoms with Gasteiger partial charge in [-0.25, -0.2) is 0 Å². The van der Waals surface area contributed by atoms with Crippen LogP contribution in [0.1, 0.15) is 64.6 Å². The van der Waals surface area contributed by atoms with E-state index in [0.717, 1.165) is 33.4 Å². The van der Waals surface area contributed by atoms with Gasteiger partial charge in [-0.2, -0.15) is 0 Å². The third-order valence-corrected chi connectivity index (χ3v) is 16.9. The van der Waals surface area contributed by atoms with Gasteiger partial charge in [0.2, 0.25) is 23.6 Å². The molecule has 1 aliphatic rings. The van der Waals surface area contributed by atoms with E-state index < -0.39 is 69.4 Å². The highest BCUT2D eigenvalue weighted by atomic mass is 35.5. The second kappa shape index (κ2) is 26.6. The van der Waals surface area contributed by atoms with Crippen LogP contribution in [-0.4, -0.2) is 81.6 Å². The molecule has 0 heterocycles. The first kappa shape index (κ1) is 55.8. The van der Waals surface area contributed by atoms with Crippen LogP contribution in [0.3, 0.4) is 0 Å². The Balaban J connectivity index is 1.02. The van der Waals surface area contributed by atoms with Crippen molar-refractivity contribution >= 4 is 64.7 Å². The molecule has 7 aromatic carbocycles. The third-order valence-electron chi connectivity index (χ3n) is 13.5. The molecule has 0 aliphatic heterocycles. The van der Waals surface area contributed by atoms with Crippen LogP contribution >= 0.6 is 35.1 Å². The van der Waals surface area contributed by atoms with E-state index in [1.807, 2.05) is 152 Å². The molecule has 6 N–H and O–H groups in total. The Morgan fingerprint density at radius 1 is 0.584 bits per heavy atom. The van der Waals surface area contributed by atoms with Gasteiger partial charge in [-0.3, -0.25) is 24.0 Å². The number of benzene rings is 7. The first-order valence-electron chi connectivity index (χ1n) is 25.5. The van der Waals surface area contributed by atoms with Crippen molar-refractivity contribution < 1.29 is 34.2 Å². The van der Waals surface area contributed by atoms with Crippen molar-refractivity contribution in [1.82, 2.24) is 21.3 Å². The number of rotatable bonds is 26. The van der Waals surface area contributed by atoms with Gasteiger partial charge >= 0.3 is 5.97 Å². The molecule has 7 aromatic rings. The molecule has 0 saturated heterocycles. The van der Waals surface area contributed by atoms with Gasteiger partial charge < -0.3 is 31.5 Å². The van der Waals surface area contributed by atoms with E-state index >= 15 is 0 Å². The molecule has 77 heavy (non-hydrogen) atoms. The smallest absolute Gasteiger partial charge is 0.322 e. The van der Waals surface area contributed by atoms with Crippen molar-refractivity contribution in [2.24, 2.45) is 0 Å². The SMILES string of the molecule is O=C(O)CNC(=O)C1(NC(=O)[C@@H](CSC(c2ccccc2)(c2ccccc2)c2ccccc2)NC(=O)[C@@H](Cc2cccc(Cl)c2)NC(=O)C[C@H](O)C=CCCSC(c2ccccc2)(c2ccccc2)c2ccccc2)CC1. The topological polar surface area (TPSA) is 174 Å². The minimum atomic E-state index is -1.37. The highest BCUT2D eigenvalue weighted by molar-refractivity contribution is 8.00.